The third kappa shape index (κ3) is 3.03. The van der Waals surface area contributed by atoms with Crippen molar-refractivity contribution in [3.63, 3.8) is 0 Å². The zero-order chi connectivity index (χ0) is 16.4. The summed E-state index contributed by atoms with van der Waals surface area (Å²) in [5, 5.41) is 4.10. The van der Waals surface area contributed by atoms with E-state index >= 15 is 0 Å². The molecule has 1 heterocycles. The van der Waals surface area contributed by atoms with Crippen LogP contribution in [0.5, 0.6) is 0 Å². The standard InChI is InChI=1S/C19H24N2O2/c1-13-7-3-5-9-17(13)20-19(23)11-21-14(2)16(12-22)15-8-4-6-10-18(15)21/h4,6,8,10,12-13,17H,3,5,7,9,11H2,1-2H3,(H,20,23)/t13-,17+/m0/s1. The molecular formula is C19H24N2O2. The largest absolute Gasteiger partial charge is 0.352 e. The van der Waals surface area contributed by atoms with Crippen molar-refractivity contribution in [2.45, 2.75) is 52.1 Å². The van der Waals surface area contributed by atoms with Gasteiger partial charge in [0.2, 0.25) is 5.91 Å². The molecule has 0 spiro atoms. The van der Waals surface area contributed by atoms with Crippen LogP contribution in [0.15, 0.2) is 24.3 Å². The Morgan fingerprint density at radius 2 is 2.04 bits per heavy atom. The molecule has 1 aromatic carbocycles. The Labute approximate surface area is 136 Å². The molecule has 3 rings (SSSR count). The number of benzene rings is 1. The van der Waals surface area contributed by atoms with Gasteiger partial charge < -0.3 is 9.88 Å². The summed E-state index contributed by atoms with van der Waals surface area (Å²) in [5.74, 6) is 0.575. The highest BCUT2D eigenvalue weighted by Gasteiger charge is 2.23. The number of hydrogen-bond donors (Lipinski definition) is 1. The predicted molar refractivity (Wildman–Crippen MR) is 91.6 cm³/mol. The van der Waals surface area contributed by atoms with E-state index in [0.29, 0.717) is 11.5 Å². The predicted octanol–water partition coefficient (Wildman–Crippen LogP) is 3.46. The summed E-state index contributed by atoms with van der Waals surface area (Å²) >= 11 is 0. The van der Waals surface area contributed by atoms with Gasteiger partial charge in [0.1, 0.15) is 6.54 Å². The van der Waals surface area contributed by atoms with E-state index in [2.05, 4.69) is 12.2 Å². The molecule has 1 aliphatic carbocycles. The molecule has 0 saturated heterocycles. The van der Waals surface area contributed by atoms with Crippen LogP contribution >= 0.6 is 0 Å². The normalized spacial score (nSPS) is 21.3. The SMILES string of the molecule is Cc1c(C=O)c2ccccc2n1CC(=O)N[C@@H]1CCCC[C@@H]1C. The minimum Gasteiger partial charge on any atom is -0.352 e. The fourth-order valence-electron chi connectivity index (χ4n) is 3.74. The number of nitrogens with one attached hydrogen (secondary N) is 1. The number of fused-ring (bicyclic) bond motifs is 1. The number of aldehydes is 1. The van der Waals surface area contributed by atoms with Crippen LogP contribution in [0.4, 0.5) is 0 Å². The highest BCUT2D eigenvalue weighted by atomic mass is 16.2. The first kappa shape index (κ1) is 15.8. The summed E-state index contributed by atoms with van der Waals surface area (Å²) < 4.78 is 1.95. The number of hydrogen-bond acceptors (Lipinski definition) is 2. The maximum absolute atomic E-state index is 12.5. The first-order valence-corrected chi connectivity index (χ1v) is 8.44. The van der Waals surface area contributed by atoms with Crippen LogP contribution in [0.2, 0.25) is 0 Å². The van der Waals surface area contributed by atoms with Crippen LogP contribution in [-0.2, 0) is 11.3 Å². The molecule has 23 heavy (non-hydrogen) atoms. The second-order valence-electron chi connectivity index (χ2n) is 6.66. The van der Waals surface area contributed by atoms with Gasteiger partial charge in [0, 0.05) is 28.2 Å². The van der Waals surface area contributed by atoms with E-state index in [9.17, 15) is 9.59 Å². The van der Waals surface area contributed by atoms with Crippen molar-refractivity contribution < 1.29 is 9.59 Å². The van der Waals surface area contributed by atoms with Crippen molar-refractivity contribution in [3.8, 4) is 0 Å². The van der Waals surface area contributed by atoms with Crippen LogP contribution in [0, 0.1) is 12.8 Å². The van der Waals surface area contributed by atoms with Gasteiger partial charge in [-0.05, 0) is 31.7 Å². The van der Waals surface area contributed by atoms with Crippen molar-refractivity contribution in [2.24, 2.45) is 5.92 Å². The topological polar surface area (TPSA) is 51.1 Å². The molecule has 1 aliphatic rings. The van der Waals surface area contributed by atoms with Gasteiger partial charge in [0.15, 0.2) is 6.29 Å². The number of rotatable bonds is 4. The lowest BCUT2D eigenvalue weighted by Gasteiger charge is -2.29. The van der Waals surface area contributed by atoms with E-state index in [1.807, 2.05) is 35.8 Å². The summed E-state index contributed by atoms with van der Waals surface area (Å²) in [6.45, 7) is 4.38. The van der Waals surface area contributed by atoms with Crippen LogP contribution in [0.25, 0.3) is 10.9 Å². The molecule has 1 amide bonds. The lowest BCUT2D eigenvalue weighted by atomic mass is 9.86. The van der Waals surface area contributed by atoms with Crippen LogP contribution < -0.4 is 5.32 Å². The Bertz CT molecular complexity index is 732. The number of carbonyl (C=O) groups excluding carboxylic acids is 2. The molecule has 0 bridgehead atoms. The molecule has 1 fully saturated rings. The molecule has 0 aliphatic heterocycles. The zero-order valence-electron chi connectivity index (χ0n) is 13.8. The van der Waals surface area contributed by atoms with E-state index in [1.54, 1.807) is 0 Å². The number of carbonyl (C=O) groups is 2. The molecular weight excluding hydrogens is 288 g/mol. The minimum atomic E-state index is 0.0325. The lowest BCUT2D eigenvalue weighted by Crippen LogP contribution is -2.42. The van der Waals surface area contributed by atoms with Gasteiger partial charge in [-0.15, -0.1) is 0 Å². The van der Waals surface area contributed by atoms with Gasteiger partial charge in [-0.2, -0.15) is 0 Å². The Hall–Kier alpha value is -2.10. The zero-order valence-corrected chi connectivity index (χ0v) is 13.8. The molecule has 1 aromatic heterocycles. The van der Waals surface area contributed by atoms with Gasteiger partial charge in [0.05, 0.1) is 0 Å². The Balaban J connectivity index is 1.82. The van der Waals surface area contributed by atoms with E-state index in [1.165, 1.54) is 19.3 Å². The summed E-state index contributed by atoms with van der Waals surface area (Å²) in [4.78, 5) is 23.9. The molecule has 122 valence electrons. The van der Waals surface area contributed by atoms with Crippen LogP contribution in [-0.4, -0.2) is 22.8 Å². The van der Waals surface area contributed by atoms with Crippen molar-refractivity contribution in [1.29, 1.82) is 0 Å². The Kier molecular flexibility index (Phi) is 4.51. The molecule has 1 N–H and O–H groups in total. The van der Waals surface area contributed by atoms with E-state index in [0.717, 1.165) is 29.3 Å². The second kappa shape index (κ2) is 6.57. The number of amides is 1. The first-order valence-electron chi connectivity index (χ1n) is 8.44. The van der Waals surface area contributed by atoms with Crippen molar-refractivity contribution in [1.82, 2.24) is 9.88 Å². The van der Waals surface area contributed by atoms with Gasteiger partial charge in [-0.1, -0.05) is 38.0 Å². The monoisotopic (exact) mass is 312 g/mol. The summed E-state index contributed by atoms with van der Waals surface area (Å²) in [5.41, 5.74) is 2.48. The van der Waals surface area contributed by atoms with Gasteiger partial charge in [-0.25, -0.2) is 0 Å². The second-order valence-corrected chi connectivity index (χ2v) is 6.66. The van der Waals surface area contributed by atoms with Crippen molar-refractivity contribution >= 4 is 23.1 Å². The fraction of sp³-hybridized carbons (Fsp3) is 0.474. The van der Waals surface area contributed by atoms with Crippen molar-refractivity contribution in [2.75, 3.05) is 0 Å². The molecule has 4 heteroatoms. The van der Waals surface area contributed by atoms with Gasteiger partial charge in [-0.3, -0.25) is 9.59 Å². The maximum Gasteiger partial charge on any atom is 0.240 e. The molecule has 0 radical (unpaired) electrons. The summed E-state index contributed by atoms with van der Waals surface area (Å²) in [6.07, 6.45) is 5.59. The number of nitrogens with zero attached hydrogens (tertiary/aromatic N) is 1. The van der Waals surface area contributed by atoms with E-state index in [-0.39, 0.29) is 18.5 Å². The first-order chi connectivity index (χ1) is 11.1. The molecule has 1 saturated carbocycles. The summed E-state index contributed by atoms with van der Waals surface area (Å²) in [7, 11) is 0. The maximum atomic E-state index is 12.5. The fourth-order valence-corrected chi connectivity index (χ4v) is 3.74. The average Bonchev–Trinajstić information content (AvgIpc) is 2.81. The van der Waals surface area contributed by atoms with Crippen molar-refractivity contribution in [3.05, 3.63) is 35.5 Å². The third-order valence-corrected chi connectivity index (χ3v) is 5.16. The molecule has 2 aromatic rings. The van der Waals surface area contributed by atoms with Gasteiger partial charge in [0.25, 0.3) is 0 Å². The Morgan fingerprint density at radius 1 is 1.30 bits per heavy atom. The van der Waals surface area contributed by atoms with Crippen LogP contribution in [0.1, 0.15) is 48.7 Å². The number of aromatic nitrogens is 1. The number of para-hydroxylation sites is 1. The third-order valence-electron chi connectivity index (χ3n) is 5.16. The van der Waals surface area contributed by atoms with Gasteiger partial charge >= 0.3 is 0 Å². The van der Waals surface area contributed by atoms with E-state index in [4.69, 9.17) is 0 Å². The highest BCUT2D eigenvalue weighted by molar-refractivity contribution is 5.99. The van der Waals surface area contributed by atoms with Crippen LogP contribution in [0.3, 0.4) is 0 Å². The van der Waals surface area contributed by atoms with E-state index < -0.39 is 0 Å². The average molecular weight is 312 g/mol. The quantitative estimate of drug-likeness (QED) is 0.879. The smallest absolute Gasteiger partial charge is 0.240 e. The molecule has 0 unspecified atom stereocenters. The minimum absolute atomic E-state index is 0.0325. The molecule has 2 atom stereocenters. The highest BCUT2D eigenvalue weighted by Crippen LogP contribution is 2.25. The lowest BCUT2D eigenvalue weighted by molar-refractivity contribution is -0.122. The Morgan fingerprint density at radius 3 is 2.78 bits per heavy atom. The molecule has 4 nitrogen and oxygen atoms in total. The summed E-state index contributed by atoms with van der Waals surface area (Å²) in [6, 6.07) is 8.04.